The number of guanidine groups is 1. The molecule has 1 atom stereocenters. The number of nitrogens with one attached hydrogen (secondary N) is 2. The van der Waals surface area contributed by atoms with Gasteiger partial charge in [-0.25, -0.2) is 0 Å². The maximum absolute atomic E-state index is 5.72. The van der Waals surface area contributed by atoms with Gasteiger partial charge in [0.05, 0.1) is 19.2 Å². The molecule has 136 valence electrons. The average molecular weight is 344 g/mol. The lowest BCUT2D eigenvalue weighted by Crippen LogP contribution is -2.38. The van der Waals surface area contributed by atoms with Crippen LogP contribution in [-0.4, -0.2) is 34.4 Å². The maximum atomic E-state index is 5.72. The molecular weight excluding hydrogens is 316 g/mol. The van der Waals surface area contributed by atoms with Crippen LogP contribution in [0.3, 0.4) is 0 Å². The van der Waals surface area contributed by atoms with Gasteiger partial charge in [0.15, 0.2) is 11.8 Å². The minimum absolute atomic E-state index is 0.116. The highest BCUT2D eigenvalue weighted by molar-refractivity contribution is 5.80. The third-order valence-corrected chi connectivity index (χ3v) is 3.76. The standard InChI is InChI=1S/C18H28N6O/c1-13(2)11-25-16-8-6-15(7-9-16)14(3)22-18(19-4)20-10-17-23-21-12-24(17)5/h6-9,12-14H,10-11H2,1-5H3,(H2,19,20,22). The molecule has 1 aromatic carbocycles. The number of aryl methyl sites for hydroxylation is 1. The van der Waals surface area contributed by atoms with Gasteiger partial charge in [0, 0.05) is 14.1 Å². The van der Waals surface area contributed by atoms with Gasteiger partial charge in [-0.2, -0.15) is 0 Å². The molecule has 0 saturated carbocycles. The number of aromatic nitrogens is 3. The predicted molar refractivity (Wildman–Crippen MR) is 99.5 cm³/mol. The Balaban J connectivity index is 1.88. The second-order valence-corrected chi connectivity index (χ2v) is 6.42. The van der Waals surface area contributed by atoms with Crippen LogP contribution in [-0.2, 0) is 13.6 Å². The maximum Gasteiger partial charge on any atom is 0.191 e. The van der Waals surface area contributed by atoms with E-state index < -0.39 is 0 Å². The molecule has 0 bridgehead atoms. The lowest BCUT2D eigenvalue weighted by atomic mass is 10.1. The lowest BCUT2D eigenvalue weighted by molar-refractivity contribution is 0.271. The first-order chi connectivity index (χ1) is 12.0. The average Bonchev–Trinajstić information content (AvgIpc) is 3.02. The van der Waals surface area contributed by atoms with E-state index in [9.17, 15) is 0 Å². The van der Waals surface area contributed by atoms with Gasteiger partial charge in [0.25, 0.3) is 0 Å². The van der Waals surface area contributed by atoms with Crippen molar-refractivity contribution in [3.63, 3.8) is 0 Å². The van der Waals surface area contributed by atoms with Gasteiger partial charge in [-0.15, -0.1) is 10.2 Å². The summed E-state index contributed by atoms with van der Waals surface area (Å²) in [5.41, 5.74) is 1.17. The van der Waals surface area contributed by atoms with E-state index in [1.807, 2.05) is 23.7 Å². The van der Waals surface area contributed by atoms with Crippen molar-refractivity contribution in [2.45, 2.75) is 33.4 Å². The number of ether oxygens (including phenoxy) is 1. The minimum Gasteiger partial charge on any atom is -0.493 e. The van der Waals surface area contributed by atoms with E-state index >= 15 is 0 Å². The number of hydrogen-bond donors (Lipinski definition) is 2. The van der Waals surface area contributed by atoms with Gasteiger partial charge in [0.1, 0.15) is 12.1 Å². The molecule has 1 unspecified atom stereocenters. The summed E-state index contributed by atoms with van der Waals surface area (Å²) >= 11 is 0. The van der Waals surface area contributed by atoms with Crippen LogP contribution in [0, 0.1) is 5.92 Å². The number of nitrogens with zero attached hydrogens (tertiary/aromatic N) is 4. The number of hydrogen-bond acceptors (Lipinski definition) is 4. The van der Waals surface area contributed by atoms with Crippen molar-refractivity contribution < 1.29 is 4.74 Å². The fourth-order valence-corrected chi connectivity index (χ4v) is 2.23. The Morgan fingerprint density at radius 1 is 1.24 bits per heavy atom. The van der Waals surface area contributed by atoms with E-state index in [1.165, 1.54) is 5.56 Å². The molecule has 1 aromatic heterocycles. The molecule has 0 fully saturated rings. The molecule has 0 aliphatic rings. The van der Waals surface area contributed by atoms with E-state index in [4.69, 9.17) is 4.74 Å². The molecule has 1 heterocycles. The largest absolute Gasteiger partial charge is 0.493 e. The van der Waals surface area contributed by atoms with Crippen molar-refractivity contribution in [1.29, 1.82) is 0 Å². The van der Waals surface area contributed by atoms with Crippen LogP contribution in [0.2, 0.25) is 0 Å². The third-order valence-electron chi connectivity index (χ3n) is 3.76. The molecule has 2 N–H and O–H groups in total. The third kappa shape index (κ3) is 5.77. The first-order valence-electron chi connectivity index (χ1n) is 8.52. The van der Waals surface area contributed by atoms with Crippen molar-refractivity contribution in [2.24, 2.45) is 18.0 Å². The van der Waals surface area contributed by atoms with Crippen LogP contribution >= 0.6 is 0 Å². The number of aliphatic imine (C=N–C) groups is 1. The Morgan fingerprint density at radius 3 is 2.52 bits per heavy atom. The zero-order chi connectivity index (χ0) is 18.2. The van der Waals surface area contributed by atoms with Crippen molar-refractivity contribution in [3.8, 4) is 5.75 Å². The van der Waals surface area contributed by atoms with Crippen molar-refractivity contribution in [1.82, 2.24) is 25.4 Å². The van der Waals surface area contributed by atoms with Crippen molar-refractivity contribution in [2.75, 3.05) is 13.7 Å². The molecule has 0 aliphatic heterocycles. The molecule has 0 saturated heterocycles. The van der Waals surface area contributed by atoms with Gasteiger partial charge >= 0.3 is 0 Å². The zero-order valence-electron chi connectivity index (χ0n) is 15.7. The smallest absolute Gasteiger partial charge is 0.191 e. The summed E-state index contributed by atoms with van der Waals surface area (Å²) in [5.74, 6) is 2.98. The van der Waals surface area contributed by atoms with Gasteiger partial charge in [-0.3, -0.25) is 4.99 Å². The number of rotatable bonds is 7. The second-order valence-electron chi connectivity index (χ2n) is 6.42. The molecule has 0 spiro atoms. The highest BCUT2D eigenvalue weighted by atomic mass is 16.5. The van der Waals surface area contributed by atoms with E-state index in [2.05, 4.69) is 58.7 Å². The predicted octanol–water partition coefficient (Wildman–Crippen LogP) is 2.28. The van der Waals surface area contributed by atoms with Gasteiger partial charge in [-0.05, 0) is 30.5 Å². The lowest BCUT2D eigenvalue weighted by Gasteiger charge is -2.18. The van der Waals surface area contributed by atoms with Crippen molar-refractivity contribution in [3.05, 3.63) is 42.0 Å². The summed E-state index contributed by atoms with van der Waals surface area (Å²) in [4.78, 5) is 4.26. The Kier molecular flexibility index (Phi) is 6.80. The first kappa shape index (κ1) is 18.8. The monoisotopic (exact) mass is 344 g/mol. The van der Waals surface area contributed by atoms with Crippen molar-refractivity contribution >= 4 is 5.96 Å². The SMILES string of the molecule is CN=C(NCc1nncn1C)NC(C)c1ccc(OCC(C)C)cc1. The zero-order valence-corrected chi connectivity index (χ0v) is 15.7. The first-order valence-corrected chi connectivity index (χ1v) is 8.52. The van der Waals surface area contributed by atoms with Gasteiger partial charge < -0.3 is 19.9 Å². The van der Waals surface area contributed by atoms with E-state index in [1.54, 1.807) is 13.4 Å². The highest BCUT2D eigenvalue weighted by Gasteiger charge is 2.09. The molecule has 7 heteroatoms. The van der Waals surface area contributed by atoms with Crippen LogP contribution in [0.5, 0.6) is 5.75 Å². The molecular formula is C18H28N6O. The molecule has 25 heavy (non-hydrogen) atoms. The second kappa shape index (κ2) is 9.05. The molecule has 0 radical (unpaired) electrons. The normalized spacial score (nSPS) is 13.0. The van der Waals surface area contributed by atoms with Crippen LogP contribution in [0.1, 0.15) is 38.2 Å². The van der Waals surface area contributed by atoms with E-state index in [-0.39, 0.29) is 6.04 Å². The Labute approximate surface area is 149 Å². The number of benzene rings is 1. The molecule has 0 aliphatic carbocycles. The van der Waals surface area contributed by atoms with Crippen LogP contribution in [0.15, 0.2) is 35.6 Å². The van der Waals surface area contributed by atoms with Gasteiger partial charge in [0.2, 0.25) is 0 Å². The van der Waals surface area contributed by atoms with Crippen LogP contribution in [0.25, 0.3) is 0 Å². The Bertz CT molecular complexity index is 677. The fraction of sp³-hybridized carbons (Fsp3) is 0.500. The summed E-state index contributed by atoms with van der Waals surface area (Å²) in [7, 11) is 3.67. The molecule has 7 nitrogen and oxygen atoms in total. The minimum atomic E-state index is 0.116. The van der Waals surface area contributed by atoms with E-state index in [0.717, 1.165) is 24.1 Å². The molecule has 0 amide bonds. The van der Waals surface area contributed by atoms with Gasteiger partial charge in [-0.1, -0.05) is 26.0 Å². The fourth-order valence-electron chi connectivity index (χ4n) is 2.23. The Hall–Kier alpha value is -2.57. The summed E-state index contributed by atoms with van der Waals surface area (Å²) in [6.45, 7) is 7.66. The van der Waals surface area contributed by atoms with Crippen LogP contribution < -0.4 is 15.4 Å². The quantitative estimate of drug-likeness (QED) is 0.595. The van der Waals surface area contributed by atoms with Crippen LogP contribution in [0.4, 0.5) is 0 Å². The summed E-state index contributed by atoms with van der Waals surface area (Å²) < 4.78 is 7.60. The highest BCUT2D eigenvalue weighted by Crippen LogP contribution is 2.18. The van der Waals surface area contributed by atoms with E-state index in [0.29, 0.717) is 12.5 Å². The summed E-state index contributed by atoms with van der Waals surface area (Å²) in [5, 5.41) is 14.5. The topological polar surface area (TPSA) is 76.4 Å². The summed E-state index contributed by atoms with van der Waals surface area (Å²) in [6.07, 6.45) is 1.68. The molecule has 2 rings (SSSR count). The summed E-state index contributed by atoms with van der Waals surface area (Å²) in [6, 6.07) is 8.27. The Morgan fingerprint density at radius 2 is 1.96 bits per heavy atom. The molecule has 2 aromatic rings.